The average molecular weight is 314 g/mol. The Morgan fingerprint density at radius 1 is 1.43 bits per heavy atom. The molecule has 0 bridgehead atoms. The number of nitrogens with one attached hydrogen (secondary N) is 2. The normalized spacial score (nSPS) is 11.5. The van der Waals surface area contributed by atoms with E-state index >= 15 is 0 Å². The number of H-pyrrole nitrogens is 1. The fourth-order valence-electron chi connectivity index (χ4n) is 1.99. The lowest BCUT2D eigenvalue weighted by Gasteiger charge is -2.06. The third kappa shape index (κ3) is 2.64. The van der Waals surface area contributed by atoms with Crippen LogP contribution in [0.4, 0.5) is 14.6 Å². The molecule has 7 nitrogen and oxygen atoms in total. The number of fused-ring (bicyclic) bond motifs is 1. The molecule has 3 aromatic heterocycles. The van der Waals surface area contributed by atoms with E-state index in [0.717, 1.165) is 0 Å². The van der Waals surface area contributed by atoms with Crippen molar-refractivity contribution < 1.29 is 8.78 Å². The fourth-order valence-corrected chi connectivity index (χ4v) is 2.15. The molecule has 3 aromatic rings. The number of anilines is 1. The van der Waals surface area contributed by atoms with Gasteiger partial charge in [-0.2, -0.15) is 15.1 Å². The van der Waals surface area contributed by atoms with Gasteiger partial charge >= 0.3 is 0 Å². The molecule has 2 N–H and O–H groups in total. The standard InChI is InChI=1S/C11H10ClF2N7/c1-21-3-5(6(20-21)8(13)14)2-15-9-7-10(17-4-16-7)19-11(12)18-9/h3-4,8H,2H2,1H3,(H2,15,16,17,18,19). The van der Waals surface area contributed by atoms with Crippen molar-refractivity contribution >= 4 is 28.6 Å². The largest absolute Gasteiger partial charge is 0.364 e. The van der Waals surface area contributed by atoms with Gasteiger partial charge in [-0.15, -0.1) is 0 Å². The second kappa shape index (κ2) is 5.24. The van der Waals surface area contributed by atoms with Gasteiger partial charge in [-0.3, -0.25) is 4.68 Å². The van der Waals surface area contributed by atoms with Gasteiger partial charge in [0.1, 0.15) is 11.2 Å². The topological polar surface area (TPSA) is 84.3 Å². The molecular weight excluding hydrogens is 304 g/mol. The maximum Gasteiger partial charge on any atom is 0.282 e. The van der Waals surface area contributed by atoms with Crippen LogP contribution in [0.25, 0.3) is 11.2 Å². The minimum absolute atomic E-state index is 0.0253. The Hall–Kier alpha value is -2.29. The molecule has 0 unspecified atom stereocenters. The van der Waals surface area contributed by atoms with Crippen molar-refractivity contribution in [3.05, 3.63) is 29.1 Å². The molecule has 10 heteroatoms. The van der Waals surface area contributed by atoms with Crippen LogP contribution in [0.1, 0.15) is 17.7 Å². The van der Waals surface area contributed by atoms with Crippen LogP contribution >= 0.6 is 11.6 Å². The number of rotatable bonds is 4. The van der Waals surface area contributed by atoms with Gasteiger partial charge in [0.05, 0.1) is 6.33 Å². The van der Waals surface area contributed by atoms with Crippen LogP contribution in [0.5, 0.6) is 0 Å². The highest BCUT2D eigenvalue weighted by atomic mass is 35.5. The van der Waals surface area contributed by atoms with Crippen molar-refractivity contribution in [2.24, 2.45) is 7.05 Å². The minimum Gasteiger partial charge on any atom is -0.364 e. The monoisotopic (exact) mass is 313 g/mol. The molecule has 0 aliphatic heterocycles. The molecule has 0 saturated carbocycles. The molecule has 110 valence electrons. The minimum atomic E-state index is -2.64. The second-order valence-corrected chi connectivity index (χ2v) is 4.65. The maximum atomic E-state index is 12.9. The van der Waals surface area contributed by atoms with Gasteiger partial charge in [-0.1, -0.05) is 0 Å². The summed E-state index contributed by atoms with van der Waals surface area (Å²) < 4.78 is 27.1. The lowest BCUT2D eigenvalue weighted by molar-refractivity contribution is 0.144. The van der Waals surface area contributed by atoms with E-state index in [1.165, 1.54) is 17.2 Å². The first-order valence-corrected chi connectivity index (χ1v) is 6.33. The summed E-state index contributed by atoms with van der Waals surface area (Å²) in [6.07, 6.45) is 0.348. The van der Waals surface area contributed by atoms with Crippen LogP contribution in [0, 0.1) is 0 Å². The highest BCUT2D eigenvalue weighted by Crippen LogP contribution is 2.23. The molecule has 3 rings (SSSR count). The lowest BCUT2D eigenvalue weighted by atomic mass is 10.2. The van der Waals surface area contributed by atoms with Crippen LogP contribution in [-0.4, -0.2) is 29.7 Å². The molecular formula is C11H10ClF2N7. The summed E-state index contributed by atoms with van der Waals surface area (Å²) in [5.41, 5.74) is 1.08. The van der Waals surface area contributed by atoms with Crippen LogP contribution < -0.4 is 5.32 Å². The van der Waals surface area contributed by atoms with Crippen molar-refractivity contribution in [1.29, 1.82) is 0 Å². The summed E-state index contributed by atoms with van der Waals surface area (Å²) in [5.74, 6) is 0.395. The molecule has 0 aliphatic rings. The van der Waals surface area contributed by atoms with Crippen molar-refractivity contribution in [3.63, 3.8) is 0 Å². The Kier molecular flexibility index (Phi) is 3.42. The Morgan fingerprint density at radius 2 is 2.24 bits per heavy atom. The van der Waals surface area contributed by atoms with E-state index in [1.54, 1.807) is 7.05 Å². The van der Waals surface area contributed by atoms with E-state index in [4.69, 9.17) is 11.6 Å². The first-order valence-electron chi connectivity index (χ1n) is 5.95. The predicted octanol–water partition coefficient (Wildman–Crippen LogP) is 2.29. The molecule has 0 atom stereocenters. The fraction of sp³-hybridized carbons (Fsp3) is 0.273. The van der Waals surface area contributed by atoms with E-state index in [1.807, 2.05) is 0 Å². The number of alkyl halides is 2. The van der Waals surface area contributed by atoms with Gasteiger partial charge in [0.2, 0.25) is 5.28 Å². The predicted molar refractivity (Wildman–Crippen MR) is 72.2 cm³/mol. The Morgan fingerprint density at radius 3 is 3.00 bits per heavy atom. The SMILES string of the molecule is Cn1cc(CNc2nc(Cl)nc3nc[nH]c23)c(C(F)F)n1. The summed E-state index contributed by atoms with van der Waals surface area (Å²) >= 11 is 5.80. The molecule has 0 saturated heterocycles. The molecule has 0 fully saturated rings. The zero-order chi connectivity index (χ0) is 15.0. The molecule has 0 amide bonds. The van der Waals surface area contributed by atoms with Crippen molar-refractivity contribution in [3.8, 4) is 0 Å². The average Bonchev–Trinajstić information content (AvgIpc) is 3.01. The van der Waals surface area contributed by atoms with Gasteiger partial charge < -0.3 is 10.3 Å². The van der Waals surface area contributed by atoms with Crippen LogP contribution in [0.15, 0.2) is 12.5 Å². The summed E-state index contributed by atoms with van der Waals surface area (Å²) in [4.78, 5) is 14.8. The number of aryl methyl sites for hydroxylation is 1. The van der Waals surface area contributed by atoms with Crippen molar-refractivity contribution in [2.75, 3.05) is 5.32 Å². The summed E-state index contributed by atoms with van der Waals surface area (Å²) in [6, 6.07) is 0. The van der Waals surface area contributed by atoms with E-state index in [-0.39, 0.29) is 17.5 Å². The van der Waals surface area contributed by atoms with Crippen LogP contribution in [0.2, 0.25) is 5.28 Å². The third-order valence-electron chi connectivity index (χ3n) is 2.85. The number of aromatic nitrogens is 6. The number of aromatic amines is 1. The van der Waals surface area contributed by atoms with Crippen LogP contribution in [0.3, 0.4) is 0 Å². The Labute approximate surface area is 122 Å². The van der Waals surface area contributed by atoms with Gasteiger partial charge in [0.25, 0.3) is 6.43 Å². The number of imidazole rings is 1. The van der Waals surface area contributed by atoms with Crippen molar-refractivity contribution in [2.45, 2.75) is 13.0 Å². The zero-order valence-corrected chi connectivity index (χ0v) is 11.6. The molecule has 0 radical (unpaired) electrons. The number of halogens is 3. The summed E-state index contributed by atoms with van der Waals surface area (Å²) in [5, 5.41) is 6.71. The lowest BCUT2D eigenvalue weighted by Crippen LogP contribution is -2.05. The Bertz CT molecular complexity index is 782. The zero-order valence-electron chi connectivity index (χ0n) is 10.8. The van der Waals surface area contributed by atoms with Gasteiger partial charge in [0.15, 0.2) is 11.5 Å². The van der Waals surface area contributed by atoms with E-state index < -0.39 is 6.43 Å². The summed E-state index contributed by atoms with van der Waals surface area (Å²) in [6.45, 7) is 0.134. The number of hydrogen-bond acceptors (Lipinski definition) is 5. The van der Waals surface area contributed by atoms with E-state index in [9.17, 15) is 8.78 Å². The van der Waals surface area contributed by atoms with Gasteiger partial charge in [-0.05, 0) is 11.6 Å². The highest BCUT2D eigenvalue weighted by molar-refractivity contribution is 6.28. The number of nitrogens with zero attached hydrogens (tertiary/aromatic N) is 5. The van der Waals surface area contributed by atoms with Crippen molar-refractivity contribution in [1.82, 2.24) is 29.7 Å². The quantitative estimate of drug-likeness (QED) is 0.722. The molecule has 21 heavy (non-hydrogen) atoms. The highest BCUT2D eigenvalue weighted by Gasteiger charge is 2.18. The van der Waals surface area contributed by atoms with Crippen LogP contribution in [-0.2, 0) is 13.6 Å². The maximum absolute atomic E-state index is 12.9. The van der Waals surface area contributed by atoms with E-state index in [0.29, 0.717) is 22.5 Å². The van der Waals surface area contributed by atoms with Gasteiger partial charge in [0, 0.05) is 25.4 Å². The molecule has 0 aliphatic carbocycles. The second-order valence-electron chi connectivity index (χ2n) is 4.31. The van der Waals surface area contributed by atoms with E-state index in [2.05, 4.69) is 30.4 Å². The first-order chi connectivity index (χ1) is 10.0. The Balaban J connectivity index is 1.88. The third-order valence-corrected chi connectivity index (χ3v) is 3.02. The number of hydrogen-bond donors (Lipinski definition) is 2. The summed E-state index contributed by atoms with van der Waals surface area (Å²) in [7, 11) is 1.59. The molecule has 0 spiro atoms. The first kappa shape index (κ1) is 13.7. The van der Waals surface area contributed by atoms with Gasteiger partial charge in [-0.25, -0.2) is 13.8 Å². The molecule has 3 heterocycles. The smallest absolute Gasteiger partial charge is 0.282 e. The molecule has 0 aromatic carbocycles.